The van der Waals surface area contributed by atoms with Crippen LogP contribution in [-0.2, 0) is 17.4 Å². The topological polar surface area (TPSA) is 59.6 Å². The first-order chi connectivity index (χ1) is 16.8. The average Bonchev–Trinajstić information content (AvgIpc) is 2.88. The van der Waals surface area contributed by atoms with E-state index < -0.39 is 17.8 Å². The van der Waals surface area contributed by atoms with Crippen LogP contribution >= 0.6 is 0 Å². The summed E-state index contributed by atoms with van der Waals surface area (Å²) >= 11 is 0. The lowest BCUT2D eigenvalue weighted by Gasteiger charge is -2.26. The zero-order valence-electron chi connectivity index (χ0n) is 19.9. The van der Waals surface area contributed by atoms with Gasteiger partial charge in [-0.25, -0.2) is 0 Å². The largest absolute Gasteiger partial charge is 0.493 e. The Hall–Kier alpha value is -3.52. The number of rotatable bonds is 10. The SMILES string of the molecule is CNC(=O)[C@H](N[C@H](CCc1ccc(C(F)(F)F)cc1)c1ccc(OC)c(OC)c1)c1ccccc1. The van der Waals surface area contributed by atoms with E-state index in [-0.39, 0.29) is 11.9 Å². The Labute approximate surface area is 203 Å². The molecule has 2 atom stereocenters. The molecule has 0 aliphatic heterocycles. The lowest BCUT2D eigenvalue weighted by Crippen LogP contribution is -2.38. The zero-order valence-corrected chi connectivity index (χ0v) is 19.9. The molecular formula is C27H29F3N2O3. The number of benzene rings is 3. The highest BCUT2D eigenvalue weighted by atomic mass is 19.4. The molecule has 0 saturated heterocycles. The summed E-state index contributed by atoms with van der Waals surface area (Å²) in [5.41, 5.74) is 1.74. The van der Waals surface area contributed by atoms with Crippen molar-refractivity contribution >= 4 is 5.91 Å². The molecule has 186 valence electrons. The van der Waals surface area contributed by atoms with Crippen molar-refractivity contribution in [2.45, 2.75) is 31.1 Å². The van der Waals surface area contributed by atoms with E-state index in [2.05, 4.69) is 10.6 Å². The van der Waals surface area contributed by atoms with E-state index in [1.165, 1.54) is 12.1 Å². The van der Waals surface area contributed by atoms with Crippen LogP contribution in [0, 0.1) is 0 Å². The van der Waals surface area contributed by atoms with Crippen LogP contribution in [0.5, 0.6) is 11.5 Å². The van der Waals surface area contributed by atoms with Crippen molar-refractivity contribution in [2.24, 2.45) is 0 Å². The van der Waals surface area contributed by atoms with Gasteiger partial charge in [0, 0.05) is 13.1 Å². The molecule has 0 bridgehead atoms. The molecule has 0 radical (unpaired) electrons. The monoisotopic (exact) mass is 486 g/mol. The van der Waals surface area contributed by atoms with E-state index in [0.717, 1.165) is 28.8 Å². The Bertz CT molecular complexity index is 1100. The van der Waals surface area contributed by atoms with Gasteiger partial charge in [0.15, 0.2) is 11.5 Å². The Morgan fingerprint density at radius 3 is 2.11 bits per heavy atom. The summed E-state index contributed by atoms with van der Waals surface area (Å²) in [5.74, 6) is 0.919. The molecule has 0 aromatic heterocycles. The van der Waals surface area contributed by atoms with Gasteiger partial charge in [-0.05, 0) is 53.8 Å². The second kappa shape index (κ2) is 11.8. The number of carbonyl (C=O) groups excluding carboxylic acids is 1. The maximum Gasteiger partial charge on any atom is 0.416 e. The maximum absolute atomic E-state index is 12.9. The summed E-state index contributed by atoms with van der Waals surface area (Å²) < 4.78 is 49.6. The molecule has 0 heterocycles. The molecule has 0 aliphatic carbocycles. The normalized spacial score (nSPS) is 13.1. The number of aryl methyl sites for hydroxylation is 1. The van der Waals surface area contributed by atoms with Crippen molar-refractivity contribution in [3.8, 4) is 11.5 Å². The fourth-order valence-corrected chi connectivity index (χ4v) is 3.90. The van der Waals surface area contributed by atoms with E-state index in [1.54, 1.807) is 27.3 Å². The van der Waals surface area contributed by atoms with Crippen molar-refractivity contribution in [3.63, 3.8) is 0 Å². The molecule has 35 heavy (non-hydrogen) atoms. The minimum Gasteiger partial charge on any atom is -0.493 e. The molecule has 0 saturated carbocycles. The summed E-state index contributed by atoms with van der Waals surface area (Å²) in [4.78, 5) is 12.8. The van der Waals surface area contributed by atoms with Gasteiger partial charge < -0.3 is 14.8 Å². The van der Waals surface area contributed by atoms with Crippen molar-refractivity contribution in [3.05, 3.63) is 95.1 Å². The van der Waals surface area contributed by atoms with Gasteiger partial charge in [-0.1, -0.05) is 48.5 Å². The second-order valence-electron chi connectivity index (χ2n) is 8.02. The Morgan fingerprint density at radius 2 is 1.54 bits per heavy atom. The first-order valence-electron chi connectivity index (χ1n) is 11.2. The van der Waals surface area contributed by atoms with E-state index in [9.17, 15) is 18.0 Å². The quantitative estimate of drug-likeness (QED) is 0.399. The summed E-state index contributed by atoms with van der Waals surface area (Å²) in [6.45, 7) is 0. The van der Waals surface area contributed by atoms with Crippen molar-refractivity contribution in [1.29, 1.82) is 0 Å². The summed E-state index contributed by atoms with van der Waals surface area (Å²) in [6, 6.07) is 19.1. The van der Waals surface area contributed by atoms with Crippen molar-refractivity contribution < 1.29 is 27.4 Å². The minimum atomic E-state index is -4.38. The number of ether oxygens (including phenoxy) is 2. The molecule has 3 rings (SSSR count). The molecule has 0 spiro atoms. The molecule has 3 aromatic carbocycles. The van der Waals surface area contributed by atoms with Crippen LogP contribution in [0.3, 0.4) is 0 Å². The molecule has 8 heteroatoms. The maximum atomic E-state index is 12.9. The number of hydrogen-bond donors (Lipinski definition) is 2. The number of halogens is 3. The molecule has 3 aromatic rings. The summed E-state index contributed by atoms with van der Waals surface area (Å²) in [7, 11) is 4.67. The third-order valence-electron chi connectivity index (χ3n) is 5.82. The van der Waals surface area contributed by atoms with Crippen LogP contribution in [0.25, 0.3) is 0 Å². The average molecular weight is 487 g/mol. The highest BCUT2D eigenvalue weighted by Crippen LogP contribution is 2.33. The summed E-state index contributed by atoms with van der Waals surface area (Å²) in [5, 5.41) is 6.15. The van der Waals surface area contributed by atoms with Crippen LogP contribution in [0.4, 0.5) is 13.2 Å². The highest BCUT2D eigenvalue weighted by Gasteiger charge is 2.30. The third-order valence-corrected chi connectivity index (χ3v) is 5.82. The third kappa shape index (κ3) is 6.76. The predicted molar refractivity (Wildman–Crippen MR) is 128 cm³/mol. The van der Waals surface area contributed by atoms with E-state index in [0.29, 0.717) is 24.3 Å². The molecule has 1 amide bonds. The van der Waals surface area contributed by atoms with Gasteiger partial charge in [0.05, 0.1) is 19.8 Å². The second-order valence-corrected chi connectivity index (χ2v) is 8.02. The van der Waals surface area contributed by atoms with E-state index in [4.69, 9.17) is 9.47 Å². The van der Waals surface area contributed by atoms with Gasteiger partial charge in [0.25, 0.3) is 0 Å². The van der Waals surface area contributed by atoms with Gasteiger partial charge in [-0.15, -0.1) is 0 Å². The Balaban J connectivity index is 1.91. The van der Waals surface area contributed by atoms with Crippen LogP contribution in [0.2, 0.25) is 0 Å². The molecule has 0 unspecified atom stereocenters. The number of nitrogens with one attached hydrogen (secondary N) is 2. The van der Waals surface area contributed by atoms with E-state index >= 15 is 0 Å². The lowest BCUT2D eigenvalue weighted by atomic mass is 9.95. The summed E-state index contributed by atoms with van der Waals surface area (Å²) in [6.07, 6.45) is -3.35. The molecule has 2 N–H and O–H groups in total. The fraction of sp³-hybridized carbons (Fsp3) is 0.296. The number of carbonyl (C=O) groups is 1. The minimum absolute atomic E-state index is 0.198. The van der Waals surface area contributed by atoms with Gasteiger partial charge >= 0.3 is 6.18 Å². The Morgan fingerprint density at radius 1 is 0.886 bits per heavy atom. The van der Waals surface area contributed by atoms with Crippen LogP contribution in [0.15, 0.2) is 72.8 Å². The first kappa shape index (κ1) is 26.1. The highest BCUT2D eigenvalue weighted by molar-refractivity contribution is 5.83. The van der Waals surface area contributed by atoms with Crippen LogP contribution < -0.4 is 20.1 Å². The predicted octanol–water partition coefficient (Wildman–Crippen LogP) is 5.47. The number of likely N-dealkylation sites (N-methyl/N-ethyl adjacent to an activating group) is 1. The van der Waals surface area contributed by atoms with E-state index in [1.807, 2.05) is 42.5 Å². The number of methoxy groups -OCH3 is 2. The van der Waals surface area contributed by atoms with Gasteiger partial charge in [0.2, 0.25) is 5.91 Å². The van der Waals surface area contributed by atoms with Gasteiger partial charge in [0.1, 0.15) is 6.04 Å². The number of hydrogen-bond acceptors (Lipinski definition) is 4. The smallest absolute Gasteiger partial charge is 0.416 e. The van der Waals surface area contributed by atoms with Gasteiger partial charge in [-0.3, -0.25) is 10.1 Å². The fourth-order valence-electron chi connectivity index (χ4n) is 3.90. The van der Waals surface area contributed by atoms with Crippen molar-refractivity contribution in [2.75, 3.05) is 21.3 Å². The Kier molecular flexibility index (Phi) is 8.76. The van der Waals surface area contributed by atoms with Crippen LogP contribution in [0.1, 0.15) is 40.8 Å². The molecule has 5 nitrogen and oxygen atoms in total. The molecule has 0 aliphatic rings. The van der Waals surface area contributed by atoms with Gasteiger partial charge in [-0.2, -0.15) is 13.2 Å². The molecular weight excluding hydrogens is 457 g/mol. The van der Waals surface area contributed by atoms with Crippen molar-refractivity contribution in [1.82, 2.24) is 10.6 Å². The standard InChI is InChI=1S/C27H29F3N2O3/c1-31-26(33)25(19-7-5-4-6-8-19)32-22(20-12-16-23(34-2)24(17-20)35-3)15-11-18-9-13-21(14-10-18)27(28,29)30/h4-10,12-14,16-17,22,25,32H,11,15H2,1-3H3,(H,31,33)/t22-,25-/m1/s1. The van der Waals surface area contributed by atoms with Crippen LogP contribution in [-0.4, -0.2) is 27.2 Å². The number of amides is 1. The first-order valence-corrected chi connectivity index (χ1v) is 11.2. The molecule has 0 fully saturated rings. The zero-order chi connectivity index (χ0) is 25.4. The lowest BCUT2D eigenvalue weighted by molar-refractivity contribution is -0.137. The number of alkyl halides is 3.